The first-order valence-corrected chi connectivity index (χ1v) is 7.77. The minimum atomic E-state index is -3.17. The number of carbonyl (C=O) groups is 1. The summed E-state index contributed by atoms with van der Waals surface area (Å²) < 4.78 is 39.3. The predicted octanol–water partition coefficient (Wildman–Crippen LogP) is 4.18. The topological polar surface area (TPSA) is 87.9 Å². The van der Waals surface area contributed by atoms with E-state index < -0.39 is 35.5 Å². The van der Waals surface area contributed by atoms with Crippen molar-refractivity contribution in [2.75, 3.05) is 7.11 Å². The van der Waals surface area contributed by atoms with E-state index in [0.717, 1.165) is 17.7 Å². The number of benzene rings is 2. The van der Waals surface area contributed by atoms with E-state index in [1.54, 1.807) is 19.1 Å². The van der Waals surface area contributed by atoms with Crippen LogP contribution in [0.25, 0.3) is 0 Å². The highest BCUT2D eigenvalue weighted by molar-refractivity contribution is 5.91. The van der Waals surface area contributed by atoms with E-state index in [4.69, 9.17) is 9.47 Å². The quantitative estimate of drug-likeness (QED) is 0.406. The van der Waals surface area contributed by atoms with Crippen LogP contribution in [0.4, 0.5) is 14.5 Å². The summed E-state index contributed by atoms with van der Waals surface area (Å²) in [5, 5.41) is 11.3. The number of alkyl halides is 2. The lowest BCUT2D eigenvalue weighted by molar-refractivity contribution is -0.386. The number of halogens is 2. The van der Waals surface area contributed by atoms with Crippen molar-refractivity contribution in [1.82, 2.24) is 0 Å². The van der Waals surface area contributed by atoms with Gasteiger partial charge in [-0.3, -0.25) is 10.1 Å². The van der Waals surface area contributed by atoms with E-state index in [-0.39, 0.29) is 11.3 Å². The molecule has 0 radical (unpaired) electrons. The molecule has 0 fully saturated rings. The number of methoxy groups -OCH3 is 1. The van der Waals surface area contributed by atoms with Crippen LogP contribution in [0.5, 0.6) is 11.5 Å². The molecule has 0 aromatic heterocycles. The van der Waals surface area contributed by atoms with Crippen LogP contribution in [0.3, 0.4) is 0 Å². The molecule has 0 saturated carbocycles. The molecule has 2 rings (SSSR count). The summed E-state index contributed by atoms with van der Waals surface area (Å²) >= 11 is 0. The van der Waals surface area contributed by atoms with Crippen molar-refractivity contribution in [3.63, 3.8) is 0 Å². The van der Waals surface area contributed by atoms with E-state index in [1.807, 2.05) is 13.0 Å². The Balaban J connectivity index is 2.30. The fraction of sp³-hybridized carbons (Fsp3) is 0.278. The van der Waals surface area contributed by atoms with E-state index in [2.05, 4.69) is 4.74 Å². The molecule has 0 spiro atoms. The predicted molar refractivity (Wildman–Crippen MR) is 91.3 cm³/mol. The van der Waals surface area contributed by atoms with Crippen molar-refractivity contribution >= 4 is 11.7 Å². The number of nitrogens with zero attached hydrogens (tertiary/aromatic N) is 1. The van der Waals surface area contributed by atoms with Gasteiger partial charge in [0.05, 0.1) is 29.2 Å². The number of nitro benzene ring substituents is 1. The van der Waals surface area contributed by atoms with Gasteiger partial charge in [-0.1, -0.05) is 17.7 Å². The highest BCUT2D eigenvalue weighted by Crippen LogP contribution is 2.36. The van der Waals surface area contributed by atoms with Gasteiger partial charge in [0.15, 0.2) is 11.5 Å². The fourth-order valence-electron chi connectivity index (χ4n) is 2.40. The third-order valence-corrected chi connectivity index (χ3v) is 3.75. The summed E-state index contributed by atoms with van der Waals surface area (Å²) in [4.78, 5) is 22.8. The van der Waals surface area contributed by atoms with E-state index in [1.165, 1.54) is 7.11 Å². The molecule has 0 unspecified atom stereocenters. The Bertz CT molecular complexity index is 869. The van der Waals surface area contributed by atoms with Gasteiger partial charge in [0.1, 0.15) is 6.61 Å². The minimum absolute atomic E-state index is 0.0166. The van der Waals surface area contributed by atoms with Crippen molar-refractivity contribution in [2.24, 2.45) is 0 Å². The lowest BCUT2D eigenvalue weighted by Crippen LogP contribution is -2.10. The third kappa shape index (κ3) is 4.90. The third-order valence-electron chi connectivity index (χ3n) is 3.75. The van der Waals surface area contributed by atoms with Crippen LogP contribution in [0.1, 0.15) is 27.0 Å². The zero-order valence-electron chi connectivity index (χ0n) is 14.8. The molecule has 0 heterocycles. The number of carbonyl (C=O) groups excluding carboxylic acids is 1. The summed E-state index contributed by atoms with van der Waals surface area (Å²) in [5.74, 6) is -1.28. The van der Waals surface area contributed by atoms with Crippen LogP contribution in [-0.4, -0.2) is 24.6 Å². The minimum Gasteiger partial charge on any atom is -0.493 e. The standard InChI is InChI=1S/C18H17F2NO6/c1-10-4-5-11(2)13(6-10)17(22)26-9-12-7-15(25-3)16(27-18(19)20)8-14(12)21(23)24/h4-8,18H,9H2,1-3H3. The smallest absolute Gasteiger partial charge is 0.387 e. The summed E-state index contributed by atoms with van der Waals surface area (Å²) in [7, 11) is 1.20. The lowest BCUT2D eigenvalue weighted by Gasteiger charge is -2.13. The SMILES string of the molecule is COc1cc(COC(=O)c2cc(C)ccc2C)c([N+](=O)[O-])cc1OC(F)F. The van der Waals surface area contributed by atoms with Crippen LogP contribution in [0, 0.1) is 24.0 Å². The van der Waals surface area contributed by atoms with Gasteiger partial charge < -0.3 is 14.2 Å². The number of hydrogen-bond acceptors (Lipinski definition) is 6. The molecule has 0 amide bonds. The Morgan fingerprint density at radius 3 is 2.48 bits per heavy atom. The molecule has 0 bridgehead atoms. The van der Waals surface area contributed by atoms with Crippen LogP contribution < -0.4 is 9.47 Å². The first-order chi connectivity index (χ1) is 12.7. The second-order valence-electron chi connectivity index (χ2n) is 5.66. The number of nitro groups is 1. The van der Waals surface area contributed by atoms with Crippen molar-refractivity contribution in [3.8, 4) is 11.5 Å². The normalized spacial score (nSPS) is 10.6. The van der Waals surface area contributed by atoms with Crippen molar-refractivity contribution in [2.45, 2.75) is 27.1 Å². The van der Waals surface area contributed by atoms with Crippen molar-refractivity contribution in [1.29, 1.82) is 0 Å². The van der Waals surface area contributed by atoms with Gasteiger partial charge in [0, 0.05) is 0 Å². The molecule has 0 aliphatic carbocycles. The second kappa shape index (κ2) is 8.43. The van der Waals surface area contributed by atoms with Gasteiger partial charge in [-0.25, -0.2) is 4.79 Å². The lowest BCUT2D eigenvalue weighted by atomic mass is 10.1. The molecule has 2 aromatic carbocycles. The molecule has 2 aromatic rings. The Hall–Kier alpha value is -3.23. The summed E-state index contributed by atoms with van der Waals surface area (Å²) in [6.07, 6.45) is 0. The van der Waals surface area contributed by atoms with Crippen LogP contribution >= 0.6 is 0 Å². The average molecular weight is 381 g/mol. The van der Waals surface area contributed by atoms with E-state index >= 15 is 0 Å². The van der Waals surface area contributed by atoms with Crippen LogP contribution in [0.2, 0.25) is 0 Å². The summed E-state index contributed by atoms with van der Waals surface area (Å²) in [6.45, 7) is -0.0639. The Kier molecular flexibility index (Phi) is 6.27. The van der Waals surface area contributed by atoms with Gasteiger partial charge >= 0.3 is 12.6 Å². The monoisotopic (exact) mass is 381 g/mol. The maximum Gasteiger partial charge on any atom is 0.387 e. The Labute approximate surface area is 153 Å². The molecular formula is C18H17F2NO6. The van der Waals surface area contributed by atoms with Crippen molar-refractivity contribution in [3.05, 3.63) is 62.7 Å². The van der Waals surface area contributed by atoms with Gasteiger partial charge in [0.2, 0.25) is 0 Å². The van der Waals surface area contributed by atoms with Crippen molar-refractivity contribution < 1.29 is 32.7 Å². The van der Waals surface area contributed by atoms with Gasteiger partial charge in [-0.15, -0.1) is 0 Å². The largest absolute Gasteiger partial charge is 0.493 e. The number of hydrogen-bond donors (Lipinski definition) is 0. The zero-order chi connectivity index (χ0) is 20.1. The second-order valence-corrected chi connectivity index (χ2v) is 5.66. The van der Waals surface area contributed by atoms with Gasteiger partial charge in [-0.2, -0.15) is 8.78 Å². The van der Waals surface area contributed by atoms with Crippen LogP contribution in [-0.2, 0) is 11.3 Å². The van der Waals surface area contributed by atoms with Crippen LogP contribution in [0.15, 0.2) is 30.3 Å². The number of esters is 1. The molecule has 0 N–H and O–H groups in total. The molecule has 0 saturated heterocycles. The van der Waals surface area contributed by atoms with E-state index in [9.17, 15) is 23.7 Å². The first-order valence-electron chi connectivity index (χ1n) is 7.77. The first kappa shape index (κ1) is 20.1. The highest BCUT2D eigenvalue weighted by atomic mass is 19.3. The van der Waals surface area contributed by atoms with E-state index in [0.29, 0.717) is 11.1 Å². The molecule has 0 aliphatic heterocycles. The average Bonchev–Trinajstić information content (AvgIpc) is 2.61. The summed E-state index contributed by atoms with van der Waals surface area (Å²) in [5.41, 5.74) is 1.34. The molecule has 0 aliphatic rings. The molecular weight excluding hydrogens is 364 g/mol. The molecule has 7 nitrogen and oxygen atoms in total. The molecule has 0 atom stereocenters. The number of ether oxygens (including phenoxy) is 3. The van der Waals surface area contributed by atoms with Gasteiger partial charge in [0.25, 0.3) is 5.69 Å². The highest BCUT2D eigenvalue weighted by Gasteiger charge is 2.23. The maximum absolute atomic E-state index is 12.5. The Morgan fingerprint density at radius 1 is 1.19 bits per heavy atom. The Morgan fingerprint density at radius 2 is 1.89 bits per heavy atom. The molecule has 27 heavy (non-hydrogen) atoms. The fourth-order valence-corrected chi connectivity index (χ4v) is 2.40. The maximum atomic E-state index is 12.5. The number of aryl methyl sites for hydroxylation is 2. The summed E-state index contributed by atoms with van der Waals surface area (Å²) in [6, 6.07) is 7.18. The number of rotatable bonds is 7. The molecule has 9 heteroatoms. The van der Waals surface area contributed by atoms with Gasteiger partial charge in [-0.05, 0) is 31.5 Å². The zero-order valence-corrected chi connectivity index (χ0v) is 14.8. The molecule has 144 valence electrons.